The van der Waals surface area contributed by atoms with Crippen molar-refractivity contribution in [1.29, 1.82) is 0 Å². The highest BCUT2D eigenvalue weighted by Gasteiger charge is 2.48. The van der Waals surface area contributed by atoms with E-state index in [2.05, 4.69) is 40.7 Å². The first-order valence-corrected chi connectivity index (χ1v) is 8.94. The summed E-state index contributed by atoms with van der Waals surface area (Å²) in [5.41, 5.74) is 2.81. The van der Waals surface area contributed by atoms with E-state index in [1.54, 1.807) is 0 Å². The Morgan fingerprint density at radius 1 is 1.38 bits per heavy atom. The van der Waals surface area contributed by atoms with Crippen LogP contribution in [-0.4, -0.2) is 34.4 Å². The molecule has 1 radical (unpaired) electrons. The Morgan fingerprint density at radius 2 is 2.21 bits per heavy atom. The van der Waals surface area contributed by atoms with E-state index in [0.29, 0.717) is 17.9 Å². The number of rotatable bonds is 3. The van der Waals surface area contributed by atoms with Crippen molar-refractivity contribution in [3.63, 3.8) is 0 Å². The van der Waals surface area contributed by atoms with Crippen molar-refractivity contribution in [3.8, 4) is 0 Å². The molecule has 5 rings (SSSR count). The molecule has 125 valence electrons. The summed E-state index contributed by atoms with van der Waals surface area (Å²) in [6, 6.07) is 6.75. The monoisotopic (exact) mass is 324 g/mol. The third kappa shape index (κ3) is 2.34. The second kappa shape index (κ2) is 5.31. The third-order valence-corrected chi connectivity index (χ3v) is 5.61. The zero-order chi connectivity index (χ0) is 16.3. The van der Waals surface area contributed by atoms with Crippen molar-refractivity contribution in [3.05, 3.63) is 36.6 Å². The summed E-state index contributed by atoms with van der Waals surface area (Å²) in [7, 11) is 0. The summed E-state index contributed by atoms with van der Waals surface area (Å²) < 4.78 is 5.50. The van der Waals surface area contributed by atoms with E-state index in [9.17, 15) is 4.79 Å². The Bertz CT molecular complexity index is 778. The molecule has 0 spiro atoms. The predicted molar refractivity (Wildman–Crippen MR) is 90.0 cm³/mol. The fourth-order valence-electron chi connectivity index (χ4n) is 4.04. The first-order chi connectivity index (χ1) is 11.7. The van der Waals surface area contributed by atoms with Gasteiger partial charge in [-0.25, -0.2) is 4.98 Å². The maximum Gasteiger partial charge on any atom is 0.226 e. The minimum Gasteiger partial charge on any atom is -0.443 e. The molecule has 1 amide bonds. The maximum atomic E-state index is 13.0. The minimum atomic E-state index is 0.0695. The van der Waals surface area contributed by atoms with Crippen LogP contribution in [0.3, 0.4) is 0 Å². The molecular formula is C19H22N3O2. The molecule has 5 nitrogen and oxygen atoms in total. The van der Waals surface area contributed by atoms with Crippen LogP contribution < -0.4 is 5.32 Å². The lowest BCUT2D eigenvalue weighted by Crippen LogP contribution is -2.60. The molecule has 5 heteroatoms. The van der Waals surface area contributed by atoms with Crippen molar-refractivity contribution in [2.45, 2.75) is 44.3 Å². The smallest absolute Gasteiger partial charge is 0.226 e. The van der Waals surface area contributed by atoms with Gasteiger partial charge in [-0.15, -0.1) is 0 Å². The number of carbonyl (C=O) groups excluding carboxylic acids is 1. The van der Waals surface area contributed by atoms with Gasteiger partial charge in [-0.2, -0.15) is 0 Å². The topological polar surface area (TPSA) is 58.4 Å². The van der Waals surface area contributed by atoms with Crippen LogP contribution >= 0.6 is 0 Å². The van der Waals surface area contributed by atoms with Gasteiger partial charge in [0, 0.05) is 24.5 Å². The molecule has 0 bridgehead atoms. The molecule has 1 saturated heterocycles. The zero-order valence-electron chi connectivity index (χ0n) is 13.8. The number of aromatic nitrogens is 1. The van der Waals surface area contributed by atoms with Gasteiger partial charge in [-0.05, 0) is 56.2 Å². The molecule has 24 heavy (non-hydrogen) atoms. The first kappa shape index (κ1) is 14.5. The van der Waals surface area contributed by atoms with Gasteiger partial charge in [0.05, 0.1) is 6.04 Å². The van der Waals surface area contributed by atoms with Gasteiger partial charge in [0.25, 0.3) is 0 Å². The molecule has 4 atom stereocenters. The summed E-state index contributed by atoms with van der Waals surface area (Å²) in [5.74, 6) is 1.13. The van der Waals surface area contributed by atoms with E-state index >= 15 is 0 Å². The molecule has 1 aromatic heterocycles. The van der Waals surface area contributed by atoms with E-state index in [0.717, 1.165) is 42.5 Å². The molecule has 2 aromatic rings. The standard InChI is InChI=1S/C19H22N3O2/c1-11-9-20-17(12-2-3-12)18(22(11)19(23)13-4-5-13)14-6-7-15-16(8-14)24-10-21-15/h2,6-8,10-13,17-18,20H,3-5,9H2,1H3. The number of nitrogens with zero attached hydrogens (tertiary/aromatic N) is 2. The van der Waals surface area contributed by atoms with E-state index in [4.69, 9.17) is 4.42 Å². The lowest BCUT2D eigenvalue weighted by Gasteiger charge is -2.46. The molecular weight excluding hydrogens is 302 g/mol. The SMILES string of the molecule is CC1CNC(C2[CH]C2)C(c2ccc3ncoc3c2)N1C(=O)C1CC1. The zero-order valence-corrected chi connectivity index (χ0v) is 13.8. The molecule has 3 aliphatic rings. The molecule has 1 aliphatic heterocycles. The Morgan fingerprint density at radius 3 is 2.96 bits per heavy atom. The number of piperazine rings is 1. The van der Waals surface area contributed by atoms with Crippen LogP contribution in [0.25, 0.3) is 11.1 Å². The van der Waals surface area contributed by atoms with E-state index in [-0.39, 0.29) is 18.0 Å². The molecule has 2 aliphatic carbocycles. The van der Waals surface area contributed by atoms with E-state index in [1.807, 2.05) is 6.07 Å². The number of amides is 1. The second-order valence-corrected chi connectivity index (χ2v) is 7.46. The lowest BCUT2D eigenvalue weighted by atomic mass is 9.89. The Kier molecular flexibility index (Phi) is 3.20. The number of oxazole rings is 1. The number of nitrogens with one attached hydrogen (secondary N) is 1. The quantitative estimate of drug-likeness (QED) is 0.943. The highest BCUT2D eigenvalue weighted by Crippen LogP contribution is 2.44. The largest absolute Gasteiger partial charge is 0.443 e. The molecule has 1 aromatic carbocycles. The Balaban J connectivity index is 1.58. The van der Waals surface area contributed by atoms with Crippen LogP contribution in [0.4, 0.5) is 0 Å². The molecule has 1 N–H and O–H groups in total. The van der Waals surface area contributed by atoms with Crippen LogP contribution in [0.1, 0.15) is 37.8 Å². The van der Waals surface area contributed by atoms with Crippen molar-refractivity contribution in [2.24, 2.45) is 11.8 Å². The average Bonchev–Trinajstić information content (AvgIpc) is 3.50. The number of benzene rings is 1. The predicted octanol–water partition coefficient (Wildman–Crippen LogP) is 2.69. The number of fused-ring (bicyclic) bond motifs is 1. The van der Waals surface area contributed by atoms with Gasteiger partial charge in [-0.3, -0.25) is 4.79 Å². The van der Waals surface area contributed by atoms with E-state index < -0.39 is 0 Å². The summed E-state index contributed by atoms with van der Waals surface area (Å²) in [6.45, 7) is 3.02. The van der Waals surface area contributed by atoms with Gasteiger partial charge in [0.2, 0.25) is 5.91 Å². The second-order valence-electron chi connectivity index (χ2n) is 7.46. The molecule has 2 saturated carbocycles. The molecule has 2 heterocycles. The van der Waals surface area contributed by atoms with Gasteiger partial charge >= 0.3 is 0 Å². The lowest BCUT2D eigenvalue weighted by molar-refractivity contribution is -0.140. The normalized spacial score (nSPS) is 30.7. The van der Waals surface area contributed by atoms with Gasteiger partial charge < -0.3 is 14.6 Å². The van der Waals surface area contributed by atoms with Crippen LogP contribution in [0.15, 0.2) is 29.0 Å². The maximum absolute atomic E-state index is 13.0. The summed E-state index contributed by atoms with van der Waals surface area (Å²) in [4.78, 5) is 19.4. The van der Waals surface area contributed by atoms with E-state index in [1.165, 1.54) is 6.39 Å². The highest BCUT2D eigenvalue weighted by atomic mass is 16.3. The minimum absolute atomic E-state index is 0.0695. The molecule has 4 unspecified atom stereocenters. The number of carbonyl (C=O) groups is 1. The van der Waals surface area contributed by atoms with Crippen LogP contribution in [-0.2, 0) is 4.79 Å². The number of hydrogen-bond acceptors (Lipinski definition) is 4. The Labute approximate surface area is 141 Å². The van der Waals surface area contributed by atoms with Crippen molar-refractivity contribution in [1.82, 2.24) is 15.2 Å². The third-order valence-electron chi connectivity index (χ3n) is 5.61. The van der Waals surface area contributed by atoms with Gasteiger partial charge in [0.1, 0.15) is 5.52 Å². The summed E-state index contributed by atoms with van der Waals surface area (Å²) in [6.07, 6.45) is 7.05. The van der Waals surface area contributed by atoms with Crippen LogP contribution in [0.2, 0.25) is 0 Å². The van der Waals surface area contributed by atoms with Gasteiger partial charge in [0.15, 0.2) is 12.0 Å². The van der Waals surface area contributed by atoms with Gasteiger partial charge in [-0.1, -0.05) is 6.07 Å². The molecule has 3 fully saturated rings. The fraction of sp³-hybridized carbons (Fsp3) is 0.526. The Hall–Kier alpha value is -1.88. The summed E-state index contributed by atoms with van der Waals surface area (Å²) >= 11 is 0. The first-order valence-electron chi connectivity index (χ1n) is 8.94. The highest BCUT2D eigenvalue weighted by molar-refractivity contribution is 5.82. The average molecular weight is 324 g/mol. The number of hydrogen-bond donors (Lipinski definition) is 1. The van der Waals surface area contributed by atoms with Crippen LogP contribution in [0, 0.1) is 18.3 Å². The fourth-order valence-corrected chi connectivity index (χ4v) is 4.04. The van der Waals surface area contributed by atoms with Crippen molar-refractivity contribution in [2.75, 3.05) is 6.54 Å². The summed E-state index contributed by atoms with van der Waals surface area (Å²) in [5, 5.41) is 3.69. The van der Waals surface area contributed by atoms with Crippen molar-refractivity contribution >= 4 is 17.0 Å². The van der Waals surface area contributed by atoms with Crippen LogP contribution in [0.5, 0.6) is 0 Å². The van der Waals surface area contributed by atoms with Crippen molar-refractivity contribution < 1.29 is 9.21 Å².